The molecule has 0 aliphatic carbocycles. The van der Waals surface area contributed by atoms with Gasteiger partial charge < -0.3 is 5.32 Å². The smallest absolute Gasteiger partial charge is 0.371 e. The van der Waals surface area contributed by atoms with Crippen LogP contribution < -0.4 is 5.32 Å². The maximum atomic E-state index is 13.4. The standard InChI is InChI=1S/C19H19F4N5/c1-18(2,3)28-17(25-26-27-28)16(12-4-8-14(20)9-5-12)24-15-10-6-13(7-11-15)19(21,22)23/h4-11,16,24H,1-3H3/t16-/m1/s1. The normalized spacial score (nSPS) is 13.4. The molecule has 0 fully saturated rings. The summed E-state index contributed by atoms with van der Waals surface area (Å²) in [6.07, 6.45) is -4.41. The summed E-state index contributed by atoms with van der Waals surface area (Å²) in [5.41, 5.74) is -0.0536. The molecule has 3 aromatic rings. The van der Waals surface area contributed by atoms with Gasteiger partial charge in [-0.15, -0.1) is 5.10 Å². The van der Waals surface area contributed by atoms with E-state index in [1.165, 1.54) is 24.3 Å². The maximum absolute atomic E-state index is 13.4. The molecule has 28 heavy (non-hydrogen) atoms. The van der Waals surface area contributed by atoms with E-state index >= 15 is 0 Å². The third kappa shape index (κ3) is 4.29. The zero-order valence-corrected chi connectivity index (χ0v) is 15.5. The summed E-state index contributed by atoms with van der Waals surface area (Å²) >= 11 is 0. The largest absolute Gasteiger partial charge is 0.416 e. The summed E-state index contributed by atoms with van der Waals surface area (Å²) < 4.78 is 53.4. The van der Waals surface area contributed by atoms with E-state index in [2.05, 4.69) is 20.8 Å². The van der Waals surface area contributed by atoms with Gasteiger partial charge in [0.15, 0.2) is 5.82 Å². The van der Waals surface area contributed by atoms with Gasteiger partial charge in [-0.2, -0.15) is 13.2 Å². The van der Waals surface area contributed by atoms with Crippen LogP contribution in [-0.2, 0) is 11.7 Å². The van der Waals surface area contributed by atoms with Gasteiger partial charge in [0.2, 0.25) is 0 Å². The van der Waals surface area contributed by atoms with Crippen LogP contribution in [0.5, 0.6) is 0 Å². The Balaban J connectivity index is 2.00. The topological polar surface area (TPSA) is 55.6 Å². The first-order valence-electron chi connectivity index (χ1n) is 8.54. The van der Waals surface area contributed by atoms with Gasteiger partial charge in [0.05, 0.1) is 11.1 Å². The number of rotatable bonds is 4. The molecule has 0 aliphatic rings. The number of hydrogen-bond acceptors (Lipinski definition) is 4. The molecule has 0 saturated heterocycles. The maximum Gasteiger partial charge on any atom is 0.416 e. The molecule has 0 bridgehead atoms. The van der Waals surface area contributed by atoms with Crippen LogP contribution in [0.15, 0.2) is 48.5 Å². The molecule has 0 spiro atoms. The highest BCUT2D eigenvalue weighted by atomic mass is 19.4. The van der Waals surface area contributed by atoms with Crippen LogP contribution >= 0.6 is 0 Å². The Hall–Kier alpha value is -2.97. The Bertz CT molecular complexity index is 925. The van der Waals surface area contributed by atoms with Gasteiger partial charge in [-0.3, -0.25) is 0 Å². The lowest BCUT2D eigenvalue weighted by molar-refractivity contribution is -0.137. The van der Waals surface area contributed by atoms with Crippen LogP contribution in [0, 0.1) is 5.82 Å². The van der Waals surface area contributed by atoms with Gasteiger partial charge in [-0.25, -0.2) is 9.07 Å². The van der Waals surface area contributed by atoms with E-state index in [9.17, 15) is 17.6 Å². The van der Waals surface area contributed by atoms with E-state index in [0.29, 0.717) is 17.1 Å². The fourth-order valence-electron chi connectivity index (χ4n) is 2.73. The Labute approximate surface area is 159 Å². The first-order chi connectivity index (χ1) is 13.1. The molecule has 3 rings (SSSR count). The summed E-state index contributed by atoms with van der Waals surface area (Å²) in [6, 6.07) is 9.86. The zero-order chi connectivity index (χ0) is 20.5. The zero-order valence-electron chi connectivity index (χ0n) is 15.5. The minimum Gasteiger partial charge on any atom is -0.371 e. The van der Waals surface area contributed by atoms with Crippen LogP contribution in [0.4, 0.5) is 23.2 Å². The Kier molecular flexibility index (Phi) is 5.10. The average Bonchev–Trinajstić information content (AvgIpc) is 3.10. The molecule has 0 saturated carbocycles. The minimum atomic E-state index is -4.41. The number of tetrazole rings is 1. The van der Waals surface area contributed by atoms with Crippen LogP contribution in [0.3, 0.4) is 0 Å². The van der Waals surface area contributed by atoms with Crippen molar-refractivity contribution < 1.29 is 17.6 Å². The van der Waals surface area contributed by atoms with E-state index in [0.717, 1.165) is 12.1 Å². The number of halogens is 4. The second-order valence-electron chi connectivity index (χ2n) is 7.32. The number of benzene rings is 2. The molecule has 1 aromatic heterocycles. The number of nitrogens with one attached hydrogen (secondary N) is 1. The van der Waals surface area contributed by atoms with Crippen molar-refractivity contribution in [2.24, 2.45) is 0 Å². The highest BCUT2D eigenvalue weighted by Gasteiger charge is 2.31. The highest BCUT2D eigenvalue weighted by molar-refractivity contribution is 5.49. The fourth-order valence-corrected chi connectivity index (χ4v) is 2.73. The van der Waals surface area contributed by atoms with Crippen molar-refractivity contribution >= 4 is 5.69 Å². The van der Waals surface area contributed by atoms with Gasteiger partial charge in [0, 0.05) is 5.69 Å². The Morgan fingerprint density at radius 1 is 0.929 bits per heavy atom. The number of anilines is 1. The predicted octanol–water partition coefficient (Wildman–Crippen LogP) is 4.79. The number of hydrogen-bond donors (Lipinski definition) is 1. The summed E-state index contributed by atoms with van der Waals surface area (Å²) in [4.78, 5) is 0. The van der Waals surface area contributed by atoms with Crippen molar-refractivity contribution in [3.63, 3.8) is 0 Å². The molecule has 0 aliphatic heterocycles. The van der Waals surface area contributed by atoms with E-state index in [1.807, 2.05) is 20.8 Å². The number of alkyl halides is 3. The molecule has 0 amide bonds. The van der Waals surface area contributed by atoms with Crippen molar-refractivity contribution in [3.8, 4) is 0 Å². The van der Waals surface area contributed by atoms with Crippen molar-refractivity contribution in [3.05, 3.63) is 71.3 Å². The second kappa shape index (κ2) is 7.21. The molecule has 1 N–H and O–H groups in total. The van der Waals surface area contributed by atoms with Crippen molar-refractivity contribution in [1.82, 2.24) is 20.2 Å². The molecule has 1 heterocycles. The molecule has 0 unspecified atom stereocenters. The SMILES string of the molecule is CC(C)(C)n1nnnc1[C@H](Nc1ccc(C(F)(F)F)cc1)c1ccc(F)cc1. The summed E-state index contributed by atoms with van der Waals surface area (Å²) in [5.74, 6) is 0.0615. The molecular formula is C19H19F4N5. The average molecular weight is 393 g/mol. The molecule has 9 heteroatoms. The van der Waals surface area contributed by atoms with Crippen LogP contribution in [-0.4, -0.2) is 20.2 Å². The molecule has 0 radical (unpaired) electrons. The molecule has 148 valence electrons. The van der Waals surface area contributed by atoms with Crippen molar-refractivity contribution in [1.29, 1.82) is 0 Å². The van der Waals surface area contributed by atoms with E-state index in [1.54, 1.807) is 16.8 Å². The van der Waals surface area contributed by atoms with Crippen molar-refractivity contribution in [2.75, 3.05) is 5.32 Å². The van der Waals surface area contributed by atoms with Crippen LogP contribution in [0.2, 0.25) is 0 Å². The summed E-state index contributed by atoms with van der Waals surface area (Å²) in [7, 11) is 0. The summed E-state index contributed by atoms with van der Waals surface area (Å²) in [5, 5.41) is 15.0. The van der Waals surface area contributed by atoms with Crippen LogP contribution in [0.1, 0.15) is 43.8 Å². The summed E-state index contributed by atoms with van der Waals surface area (Å²) in [6.45, 7) is 5.77. The van der Waals surface area contributed by atoms with Gasteiger partial charge >= 0.3 is 6.18 Å². The van der Waals surface area contributed by atoms with Crippen LogP contribution in [0.25, 0.3) is 0 Å². The van der Waals surface area contributed by atoms with Gasteiger partial charge in [0.25, 0.3) is 0 Å². The molecule has 2 aromatic carbocycles. The monoisotopic (exact) mass is 393 g/mol. The number of nitrogens with zero attached hydrogens (tertiary/aromatic N) is 4. The lowest BCUT2D eigenvalue weighted by atomic mass is 10.0. The van der Waals surface area contributed by atoms with Gasteiger partial charge in [-0.1, -0.05) is 12.1 Å². The molecular weight excluding hydrogens is 374 g/mol. The Morgan fingerprint density at radius 3 is 2.07 bits per heavy atom. The predicted molar refractivity (Wildman–Crippen MR) is 96.1 cm³/mol. The highest BCUT2D eigenvalue weighted by Crippen LogP contribution is 2.32. The molecule has 5 nitrogen and oxygen atoms in total. The Morgan fingerprint density at radius 2 is 1.54 bits per heavy atom. The first-order valence-corrected chi connectivity index (χ1v) is 8.54. The third-order valence-corrected chi connectivity index (χ3v) is 4.11. The quantitative estimate of drug-likeness (QED) is 0.648. The lowest BCUT2D eigenvalue weighted by Gasteiger charge is -2.25. The second-order valence-corrected chi connectivity index (χ2v) is 7.32. The number of aromatic nitrogens is 4. The minimum absolute atomic E-state index is 0.396. The van der Waals surface area contributed by atoms with Crippen molar-refractivity contribution in [2.45, 2.75) is 38.5 Å². The first kappa shape index (κ1) is 19.8. The molecule has 1 atom stereocenters. The third-order valence-electron chi connectivity index (χ3n) is 4.11. The van der Waals surface area contributed by atoms with E-state index in [-0.39, 0.29) is 0 Å². The van der Waals surface area contributed by atoms with E-state index in [4.69, 9.17) is 0 Å². The van der Waals surface area contributed by atoms with E-state index < -0.39 is 29.1 Å². The van der Waals surface area contributed by atoms with Gasteiger partial charge in [0.1, 0.15) is 11.9 Å². The van der Waals surface area contributed by atoms with Gasteiger partial charge in [-0.05, 0) is 73.2 Å². The lowest BCUT2D eigenvalue weighted by Crippen LogP contribution is -2.29. The fraction of sp³-hybridized carbons (Fsp3) is 0.316.